The van der Waals surface area contributed by atoms with Gasteiger partial charge in [0.15, 0.2) is 6.29 Å². The molecule has 0 rings (SSSR count). The first kappa shape index (κ1) is 38.6. The highest BCUT2D eigenvalue weighted by molar-refractivity contribution is 4.80. The minimum absolute atomic E-state index is 0.0235. The lowest BCUT2D eigenvalue weighted by Gasteiger charge is -2.19. The van der Waals surface area contributed by atoms with Crippen LogP contribution in [0.1, 0.15) is 194 Å². The highest BCUT2D eigenvalue weighted by Gasteiger charge is 2.09. The van der Waals surface area contributed by atoms with Crippen molar-refractivity contribution in [1.82, 2.24) is 0 Å². The maximum absolute atomic E-state index is 8.77. The summed E-state index contributed by atoms with van der Waals surface area (Å²) in [5.41, 5.74) is 0. The zero-order chi connectivity index (χ0) is 28.3. The van der Waals surface area contributed by atoms with Crippen LogP contribution in [0.2, 0.25) is 0 Å². The largest absolute Gasteiger partial charge is 0.396 e. The first-order chi connectivity index (χ1) is 19.3. The maximum Gasteiger partial charge on any atom is 0.157 e. The van der Waals surface area contributed by atoms with E-state index >= 15 is 0 Å². The fourth-order valence-corrected chi connectivity index (χ4v) is 5.24. The van der Waals surface area contributed by atoms with Gasteiger partial charge in [-0.15, -0.1) is 0 Å². The Morgan fingerprint density at radius 1 is 0.436 bits per heavy atom. The van der Waals surface area contributed by atoms with E-state index in [-0.39, 0.29) is 12.9 Å². The molecule has 0 aliphatic carbocycles. The third kappa shape index (κ3) is 33.7. The van der Waals surface area contributed by atoms with Gasteiger partial charge in [-0.2, -0.15) is 0 Å². The van der Waals surface area contributed by atoms with Crippen molar-refractivity contribution in [3.05, 3.63) is 12.2 Å². The zero-order valence-corrected chi connectivity index (χ0v) is 26.9. The minimum atomic E-state index is 0.0235. The molecular weight excluding hydrogens is 480 g/mol. The van der Waals surface area contributed by atoms with Gasteiger partial charge in [0.1, 0.15) is 0 Å². The van der Waals surface area contributed by atoms with E-state index in [1.807, 2.05) is 0 Å². The molecule has 0 amide bonds. The number of hydrogen-bond acceptors (Lipinski definition) is 3. The van der Waals surface area contributed by atoms with Crippen molar-refractivity contribution in [2.45, 2.75) is 200 Å². The summed E-state index contributed by atoms with van der Waals surface area (Å²) in [4.78, 5) is 0. The highest BCUT2D eigenvalue weighted by atomic mass is 16.7. The van der Waals surface area contributed by atoms with Crippen LogP contribution in [-0.4, -0.2) is 31.2 Å². The van der Waals surface area contributed by atoms with Crippen LogP contribution in [0.3, 0.4) is 0 Å². The van der Waals surface area contributed by atoms with Crippen molar-refractivity contribution in [1.29, 1.82) is 0 Å². The molecule has 0 saturated carbocycles. The van der Waals surface area contributed by atoms with E-state index in [2.05, 4.69) is 26.0 Å². The molecule has 39 heavy (non-hydrogen) atoms. The number of allylic oxidation sites excluding steroid dienone is 1. The van der Waals surface area contributed by atoms with Crippen LogP contribution in [0, 0.1) is 0 Å². The second-order valence-corrected chi connectivity index (χ2v) is 11.9. The minimum Gasteiger partial charge on any atom is -0.396 e. The summed E-state index contributed by atoms with van der Waals surface area (Å²) in [6.45, 7) is 6.59. The fraction of sp³-hybridized carbons (Fsp3) is 0.944. The predicted molar refractivity (Wildman–Crippen MR) is 173 cm³/mol. The molecule has 0 radical (unpaired) electrons. The second-order valence-electron chi connectivity index (χ2n) is 11.9. The Morgan fingerprint density at radius 3 is 1.23 bits per heavy atom. The third-order valence-corrected chi connectivity index (χ3v) is 7.88. The first-order valence-corrected chi connectivity index (χ1v) is 17.8. The van der Waals surface area contributed by atoms with E-state index in [1.165, 1.54) is 167 Å². The summed E-state index contributed by atoms with van der Waals surface area (Å²) in [6.07, 6.45) is 41.0. The monoisotopic (exact) mass is 553 g/mol. The summed E-state index contributed by atoms with van der Waals surface area (Å²) >= 11 is 0. The van der Waals surface area contributed by atoms with Gasteiger partial charge in [0.05, 0.1) is 0 Å². The Balaban J connectivity index is 3.77. The van der Waals surface area contributed by atoms with Crippen molar-refractivity contribution in [2.75, 3.05) is 19.8 Å². The number of aliphatic hydroxyl groups is 1. The summed E-state index contributed by atoms with van der Waals surface area (Å²) in [7, 11) is 0. The Labute approximate surface area is 246 Å². The lowest BCUT2D eigenvalue weighted by Crippen LogP contribution is -2.19. The van der Waals surface area contributed by atoms with Crippen LogP contribution in [0.4, 0.5) is 0 Å². The molecule has 0 aromatic heterocycles. The highest BCUT2D eigenvalue weighted by Crippen LogP contribution is 2.16. The summed E-state index contributed by atoms with van der Waals surface area (Å²) < 4.78 is 12.4. The van der Waals surface area contributed by atoms with Gasteiger partial charge < -0.3 is 14.6 Å². The Hall–Kier alpha value is -0.380. The molecule has 3 nitrogen and oxygen atoms in total. The second kappa shape index (κ2) is 35.6. The van der Waals surface area contributed by atoms with Gasteiger partial charge in [0, 0.05) is 19.8 Å². The molecule has 0 bridgehead atoms. The van der Waals surface area contributed by atoms with E-state index < -0.39 is 0 Å². The molecule has 0 fully saturated rings. The van der Waals surface area contributed by atoms with Crippen LogP contribution in [0.25, 0.3) is 0 Å². The number of aliphatic hydroxyl groups excluding tert-OH is 1. The first-order valence-electron chi connectivity index (χ1n) is 17.8. The van der Waals surface area contributed by atoms with E-state index in [0.29, 0.717) is 0 Å². The molecular formula is C36H72O3. The van der Waals surface area contributed by atoms with Gasteiger partial charge in [-0.25, -0.2) is 0 Å². The number of hydrogen-bond donors (Lipinski definition) is 1. The summed E-state index contributed by atoms with van der Waals surface area (Å²) in [5, 5.41) is 8.77. The van der Waals surface area contributed by atoms with E-state index in [0.717, 1.165) is 26.1 Å². The van der Waals surface area contributed by atoms with Crippen molar-refractivity contribution < 1.29 is 14.6 Å². The maximum atomic E-state index is 8.77. The topological polar surface area (TPSA) is 38.7 Å². The molecule has 0 aliphatic rings. The van der Waals surface area contributed by atoms with Gasteiger partial charge in [-0.1, -0.05) is 161 Å². The number of unbranched alkanes of at least 4 members (excludes halogenated alkanes) is 23. The molecule has 0 saturated heterocycles. The number of rotatable bonds is 34. The van der Waals surface area contributed by atoms with E-state index in [4.69, 9.17) is 14.6 Å². The Morgan fingerprint density at radius 2 is 0.795 bits per heavy atom. The summed E-state index contributed by atoms with van der Waals surface area (Å²) in [5.74, 6) is 0. The van der Waals surface area contributed by atoms with Crippen LogP contribution in [0.15, 0.2) is 12.2 Å². The van der Waals surface area contributed by atoms with Crippen LogP contribution >= 0.6 is 0 Å². The number of ether oxygens (including phenoxy) is 2. The van der Waals surface area contributed by atoms with E-state index in [1.54, 1.807) is 0 Å². The molecule has 234 valence electrons. The molecule has 3 heteroatoms. The van der Waals surface area contributed by atoms with Gasteiger partial charge in [0.2, 0.25) is 0 Å². The van der Waals surface area contributed by atoms with Gasteiger partial charge in [0.25, 0.3) is 0 Å². The average molecular weight is 553 g/mol. The lowest BCUT2D eigenvalue weighted by atomic mass is 10.0. The smallest absolute Gasteiger partial charge is 0.157 e. The molecule has 0 aromatic rings. The fourth-order valence-electron chi connectivity index (χ4n) is 5.24. The molecule has 0 atom stereocenters. The summed E-state index contributed by atoms with van der Waals surface area (Å²) in [6, 6.07) is 0. The molecule has 0 spiro atoms. The normalized spacial score (nSPS) is 11.9. The average Bonchev–Trinajstić information content (AvgIpc) is 2.95. The van der Waals surface area contributed by atoms with Crippen LogP contribution in [-0.2, 0) is 9.47 Å². The van der Waals surface area contributed by atoms with Crippen LogP contribution in [0.5, 0.6) is 0 Å². The van der Waals surface area contributed by atoms with Crippen molar-refractivity contribution >= 4 is 0 Å². The predicted octanol–water partition coefficient (Wildman–Crippen LogP) is 11.9. The van der Waals surface area contributed by atoms with Crippen molar-refractivity contribution in [3.63, 3.8) is 0 Å². The standard InChI is InChI=1S/C36H72O3/c1-3-5-7-9-22-26-30-34-38-36(39-35-31-27-23-10-8-6-4-2)32-28-24-20-18-16-14-12-11-13-15-17-19-21-25-29-33-37/h21,25,36-37H,3-20,22-24,26-35H2,1-2H3/b25-21-. The molecule has 0 aliphatic heterocycles. The van der Waals surface area contributed by atoms with Gasteiger partial charge in [-0.05, 0) is 44.9 Å². The van der Waals surface area contributed by atoms with Crippen LogP contribution < -0.4 is 0 Å². The quantitative estimate of drug-likeness (QED) is 0.0490. The molecule has 0 unspecified atom stereocenters. The van der Waals surface area contributed by atoms with Crippen molar-refractivity contribution in [2.24, 2.45) is 0 Å². The van der Waals surface area contributed by atoms with E-state index in [9.17, 15) is 0 Å². The van der Waals surface area contributed by atoms with Crippen molar-refractivity contribution in [3.8, 4) is 0 Å². The van der Waals surface area contributed by atoms with Gasteiger partial charge >= 0.3 is 0 Å². The Kier molecular flexibility index (Phi) is 35.3. The Bertz CT molecular complexity index is 431. The SMILES string of the molecule is CCCCCCCCCOC(CCCCCCCCCCCCC/C=C\CCO)OCCCCCCCCC. The molecule has 0 aromatic carbocycles. The third-order valence-electron chi connectivity index (χ3n) is 7.88. The van der Waals surface area contributed by atoms with Gasteiger partial charge in [-0.3, -0.25) is 0 Å². The molecule has 1 N–H and O–H groups in total. The zero-order valence-electron chi connectivity index (χ0n) is 26.9. The molecule has 0 heterocycles. The lowest BCUT2D eigenvalue weighted by molar-refractivity contribution is -0.148.